The SMILES string of the molecule is C=N/N=C(\N)[C@@H](Cc1ccc(N2CC(N)C2)nc1)[C@H](CC(C)C)C(=O)O. The molecule has 1 saturated heterocycles. The Balaban J connectivity index is 2.18. The summed E-state index contributed by atoms with van der Waals surface area (Å²) in [5.41, 5.74) is 12.7. The van der Waals surface area contributed by atoms with Crippen LogP contribution in [0.4, 0.5) is 5.82 Å². The van der Waals surface area contributed by atoms with Crippen LogP contribution in [-0.4, -0.2) is 47.7 Å². The molecule has 0 bridgehead atoms. The van der Waals surface area contributed by atoms with E-state index < -0.39 is 17.8 Å². The molecule has 0 spiro atoms. The second-order valence-corrected chi connectivity index (χ2v) is 7.24. The number of aromatic nitrogens is 1. The zero-order valence-electron chi connectivity index (χ0n) is 15.4. The summed E-state index contributed by atoms with van der Waals surface area (Å²) in [7, 11) is 0. The summed E-state index contributed by atoms with van der Waals surface area (Å²) in [6.07, 6.45) is 2.70. The molecule has 8 nitrogen and oxygen atoms in total. The molecule has 0 saturated carbocycles. The predicted octanol–water partition coefficient (Wildman–Crippen LogP) is 1.11. The maximum Gasteiger partial charge on any atom is 0.307 e. The van der Waals surface area contributed by atoms with Crippen LogP contribution in [0.15, 0.2) is 28.5 Å². The standard InChI is InChI=1S/C18H28N6O2/c1-11(2)6-15(18(25)26)14(17(20)23-21-3)7-12-4-5-16(22-8-12)24-9-13(19)10-24/h4-5,8,11,13-15H,3,6-7,9-10,19H2,1-2H3,(H2,20,23)(H,25,26)/t14-,15-/m0/s1. The van der Waals surface area contributed by atoms with E-state index in [-0.39, 0.29) is 17.8 Å². The molecule has 142 valence electrons. The van der Waals surface area contributed by atoms with E-state index in [1.807, 2.05) is 26.0 Å². The molecule has 0 aromatic carbocycles. The highest BCUT2D eigenvalue weighted by atomic mass is 16.4. The lowest BCUT2D eigenvalue weighted by molar-refractivity contribution is -0.143. The summed E-state index contributed by atoms with van der Waals surface area (Å²) in [6, 6.07) is 4.08. The van der Waals surface area contributed by atoms with Crippen LogP contribution in [0.2, 0.25) is 0 Å². The van der Waals surface area contributed by atoms with Crippen molar-refractivity contribution in [2.24, 2.45) is 39.4 Å². The Morgan fingerprint density at radius 1 is 1.42 bits per heavy atom. The quantitative estimate of drug-likeness (QED) is 0.343. The number of anilines is 1. The summed E-state index contributed by atoms with van der Waals surface area (Å²) in [6.45, 7) is 8.89. The number of carboxylic acid groups (broad SMARTS) is 1. The van der Waals surface area contributed by atoms with Gasteiger partial charge in [0.2, 0.25) is 0 Å². The van der Waals surface area contributed by atoms with Crippen LogP contribution in [0.3, 0.4) is 0 Å². The molecule has 0 aliphatic carbocycles. The van der Waals surface area contributed by atoms with Crippen molar-refractivity contribution in [3.63, 3.8) is 0 Å². The summed E-state index contributed by atoms with van der Waals surface area (Å²) < 4.78 is 0. The highest BCUT2D eigenvalue weighted by Crippen LogP contribution is 2.26. The molecule has 1 aromatic heterocycles. The molecule has 5 N–H and O–H groups in total. The van der Waals surface area contributed by atoms with Crippen LogP contribution < -0.4 is 16.4 Å². The van der Waals surface area contributed by atoms with Crippen LogP contribution in [0.25, 0.3) is 0 Å². The van der Waals surface area contributed by atoms with Crippen molar-refractivity contribution in [1.29, 1.82) is 0 Å². The van der Waals surface area contributed by atoms with E-state index in [1.165, 1.54) is 0 Å². The number of carboxylic acids is 1. The molecular weight excluding hydrogens is 332 g/mol. The van der Waals surface area contributed by atoms with Crippen LogP contribution in [0, 0.1) is 17.8 Å². The van der Waals surface area contributed by atoms with Gasteiger partial charge in [-0.3, -0.25) is 4.79 Å². The normalized spacial score (nSPS) is 17.7. The lowest BCUT2D eigenvalue weighted by Gasteiger charge is -2.37. The molecule has 8 heteroatoms. The van der Waals surface area contributed by atoms with Crippen molar-refractivity contribution >= 4 is 24.3 Å². The number of carbonyl (C=O) groups is 1. The first-order valence-electron chi connectivity index (χ1n) is 8.79. The Bertz CT molecular complexity index is 652. The van der Waals surface area contributed by atoms with Crippen LogP contribution in [-0.2, 0) is 11.2 Å². The average molecular weight is 360 g/mol. The van der Waals surface area contributed by atoms with Gasteiger partial charge in [-0.25, -0.2) is 4.98 Å². The van der Waals surface area contributed by atoms with Gasteiger partial charge in [-0.05, 0) is 30.4 Å². The second-order valence-electron chi connectivity index (χ2n) is 7.24. The van der Waals surface area contributed by atoms with Gasteiger partial charge in [0.1, 0.15) is 11.7 Å². The zero-order chi connectivity index (χ0) is 19.3. The molecule has 2 heterocycles. The minimum atomic E-state index is -0.884. The molecule has 1 fully saturated rings. The highest BCUT2D eigenvalue weighted by molar-refractivity contribution is 5.87. The number of nitrogens with zero attached hydrogens (tertiary/aromatic N) is 4. The maximum absolute atomic E-state index is 11.8. The van der Waals surface area contributed by atoms with Gasteiger partial charge in [0, 0.05) is 38.0 Å². The minimum Gasteiger partial charge on any atom is -0.481 e. The first-order chi connectivity index (χ1) is 12.3. The van der Waals surface area contributed by atoms with Crippen molar-refractivity contribution in [3.8, 4) is 0 Å². The molecule has 0 radical (unpaired) electrons. The number of rotatable bonds is 9. The number of aliphatic carboxylic acids is 1. The van der Waals surface area contributed by atoms with Crippen LogP contribution in [0.5, 0.6) is 0 Å². The molecule has 1 aliphatic rings. The minimum absolute atomic E-state index is 0.186. The first-order valence-corrected chi connectivity index (χ1v) is 8.79. The van der Waals surface area contributed by atoms with Crippen molar-refractivity contribution in [2.45, 2.75) is 32.7 Å². The van der Waals surface area contributed by atoms with Gasteiger partial charge in [0.15, 0.2) is 0 Å². The van der Waals surface area contributed by atoms with E-state index in [9.17, 15) is 9.90 Å². The summed E-state index contributed by atoms with van der Waals surface area (Å²) in [5.74, 6) is -0.715. The number of pyridine rings is 1. The molecule has 2 atom stereocenters. The second kappa shape index (κ2) is 8.75. The van der Waals surface area contributed by atoms with Gasteiger partial charge < -0.3 is 21.5 Å². The molecule has 0 amide bonds. The predicted molar refractivity (Wildman–Crippen MR) is 103 cm³/mol. The number of hydrogen-bond acceptors (Lipinski definition) is 6. The summed E-state index contributed by atoms with van der Waals surface area (Å²) in [5, 5.41) is 17.0. The van der Waals surface area contributed by atoms with E-state index in [0.29, 0.717) is 12.8 Å². The highest BCUT2D eigenvalue weighted by Gasteiger charge is 2.32. The van der Waals surface area contributed by atoms with E-state index in [1.54, 1.807) is 6.20 Å². The number of hydrogen-bond donors (Lipinski definition) is 3. The third-order valence-electron chi connectivity index (χ3n) is 4.59. The molecular formula is C18H28N6O2. The van der Waals surface area contributed by atoms with Crippen LogP contribution >= 0.6 is 0 Å². The van der Waals surface area contributed by atoms with Gasteiger partial charge in [-0.1, -0.05) is 19.9 Å². The molecule has 1 aromatic rings. The van der Waals surface area contributed by atoms with Gasteiger partial charge in [-0.2, -0.15) is 5.10 Å². The molecule has 1 aliphatic heterocycles. The Labute approximate surface area is 154 Å². The van der Waals surface area contributed by atoms with E-state index in [4.69, 9.17) is 11.5 Å². The fraction of sp³-hybridized carbons (Fsp3) is 0.556. The molecule has 26 heavy (non-hydrogen) atoms. The molecule has 2 rings (SSSR count). The average Bonchev–Trinajstić information content (AvgIpc) is 2.55. The van der Waals surface area contributed by atoms with Crippen molar-refractivity contribution in [2.75, 3.05) is 18.0 Å². The van der Waals surface area contributed by atoms with E-state index in [2.05, 4.69) is 26.8 Å². The van der Waals surface area contributed by atoms with Crippen molar-refractivity contribution in [1.82, 2.24) is 4.98 Å². The van der Waals surface area contributed by atoms with Gasteiger partial charge in [0.25, 0.3) is 0 Å². The lowest BCUT2D eigenvalue weighted by Crippen LogP contribution is -2.56. The first kappa shape index (κ1) is 19.8. The Kier molecular flexibility index (Phi) is 6.68. The Hall–Kier alpha value is -2.48. The lowest BCUT2D eigenvalue weighted by atomic mass is 9.81. The molecule has 0 unspecified atom stereocenters. The number of amidine groups is 1. The fourth-order valence-electron chi connectivity index (χ4n) is 3.23. The smallest absolute Gasteiger partial charge is 0.307 e. The Morgan fingerprint density at radius 3 is 2.58 bits per heavy atom. The van der Waals surface area contributed by atoms with E-state index >= 15 is 0 Å². The summed E-state index contributed by atoms with van der Waals surface area (Å²) in [4.78, 5) is 18.4. The van der Waals surface area contributed by atoms with E-state index in [0.717, 1.165) is 24.5 Å². The van der Waals surface area contributed by atoms with Gasteiger partial charge in [-0.15, -0.1) is 5.10 Å². The monoisotopic (exact) mass is 360 g/mol. The summed E-state index contributed by atoms with van der Waals surface area (Å²) >= 11 is 0. The van der Waals surface area contributed by atoms with Crippen molar-refractivity contribution in [3.05, 3.63) is 23.9 Å². The zero-order valence-corrected chi connectivity index (χ0v) is 15.4. The topological polar surface area (TPSA) is 130 Å². The maximum atomic E-state index is 11.8. The Morgan fingerprint density at radius 2 is 2.12 bits per heavy atom. The van der Waals surface area contributed by atoms with Crippen LogP contribution in [0.1, 0.15) is 25.8 Å². The third-order valence-corrected chi connectivity index (χ3v) is 4.59. The van der Waals surface area contributed by atoms with Gasteiger partial charge >= 0.3 is 5.97 Å². The number of nitrogens with two attached hydrogens (primary N) is 2. The van der Waals surface area contributed by atoms with Crippen molar-refractivity contribution < 1.29 is 9.90 Å². The fourth-order valence-corrected chi connectivity index (χ4v) is 3.23. The third kappa shape index (κ3) is 5.01. The largest absolute Gasteiger partial charge is 0.481 e. The van der Waals surface area contributed by atoms with Gasteiger partial charge in [0.05, 0.1) is 5.92 Å².